The molecule has 1 saturated heterocycles. The minimum Gasteiger partial charge on any atom is -0.335 e. The van der Waals surface area contributed by atoms with Crippen LogP contribution >= 0.6 is 0 Å². The summed E-state index contributed by atoms with van der Waals surface area (Å²) in [4.78, 5) is 13.9. The number of sulfone groups is 1. The van der Waals surface area contributed by atoms with Crippen molar-refractivity contribution in [1.82, 2.24) is 10.2 Å². The molecule has 0 saturated carbocycles. The zero-order valence-electron chi connectivity index (χ0n) is 11.1. The van der Waals surface area contributed by atoms with Gasteiger partial charge in [0.15, 0.2) is 9.84 Å². The summed E-state index contributed by atoms with van der Waals surface area (Å²) in [5.74, 6) is 0.0994. The fraction of sp³-hybridized carbons (Fsp3) is 0.750. The van der Waals surface area contributed by atoms with E-state index in [1.54, 1.807) is 18.0 Å². The van der Waals surface area contributed by atoms with Crippen LogP contribution in [0, 0.1) is 5.92 Å². The van der Waals surface area contributed by atoms with Crippen molar-refractivity contribution in [3.63, 3.8) is 0 Å². The van der Waals surface area contributed by atoms with E-state index in [9.17, 15) is 13.2 Å². The molecule has 1 amide bonds. The predicted molar refractivity (Wildman–Crippen MR) is 72.1 cm³/mol. The van der Waals surface area contributed by atoms with Gasteiger partial charge in [-0.25, -0.2) is 8.42 Å². The Bertz CT molecular complexity index is 406. The standard InChI is InChI=1S/C12H22N2O3S/c1-4-6-14(12(15)10(2)8-13-3)11-5-7-18(16,17)9-11/h4,10-11,13H,1,5-9H2,2-3H3. The Labute approximate surface area is 109 Å². The number of carbonyl (C=O) groups excluding carboxylic acids is 1. The third-order valence-electron chi connectivity index (χ3n) is 3.19. The van der Waals surface area contributed by atoms with Crippen LogP contribution in [0.25, 0.3) is 0 Å². The lowest BCUT2D eigenvalue weighted by Crippen LogP contribution is -2.45. The monoisotopic (exact) mass is 274 g/mol. The normalized spacial score (nSPS) is 23.6. The van der Waals surface area contributed by atoms with Crippen LogP contribution < -0.4 is 5.32 Å². The highest BCUT2D eigenvalue weighted by Crippen LogP contribution is 2.19. The molecule has 1 rings (SSSR count). The van der Waals surface area contributed by atoms with Crippen molar-refractivity contribution >= 4 is 15.7 Å². The Morgan fingerprint density at radius 2 is 2.28 bits per heavy atom. The molecule has 5 nitrogen and oxygen atoms in total. The van der Waals surface area contributed by atoms with Crippen molar-refractivity contribution in [3.05, 3.63) is 12.7 Å². The summed E-state index contributed by atoms with van der Waals surface area (Å²) in [6.45, 7) is 6.48. The average molecular weight is 274 g/mol. The smallest absolute Gasteiger partial charge is 0.227 e. The number of rotatable bonds is 6. The summed E-state index contributed by atoms with van der Waals surface area (Å²) in [6.07, 6.45) is 2.18. The lowest BCUT2D eigenvalue weighted by molar-refractivity contribution is -0.136. The van der Waals surface area contributed by atoms with Crippen LogP contribution in [0.2, 0.25) is 0 Å². The molecule has 1 fully saturated rings. The Morgan fingerprint density at radius 3 is 2.72 bits per heavy atom. The van der Waals surface area contributed by atoms with Crippen molar-refractivity contribution in [1.29, 1.82) is 0 Å². The minimum atomic E-state index is -2.97. The van der Waals surface area contributed by atoms with Crippen LogP contribution in [0.3, 0.4) is 0 Å². The number of amides is 1. The van der Waals surface area contributed by atoms with Crippen molar-refractivity contribution in [3.8, 4) is 0 Å². The first-order chi connectivity index (χ1) is 8.41. The van der Waals surface area contributed by atoms with Gasteiger partial charge in [-0.15, -0.1) is 6.58 Å². The molecule has 18 heavy (non-hydrogen) atoms. The average Bonchev–Trinajstić information content (AvgIpc) is 2.66. The maximum absolute atomic E-state index is 12.3. The van der Waals surface area contributed by atoms with Crippen LogP contribution in [-0.4, -0.2) is 56.9 Å². The summed E-state index contributed by atoms with van der Waals surface area (Å²) >= 11 is 0. The van der Waals surface area contributed by atoms with Gasteiger partial charge in [-0.3, -0.25) is 4.79 Å². The van der Waals surface area contributed by atoms with Gasteiger partial charge in [-0.05, 0) is 13.5 Å². The number of hydrogen-bond donors (Lipinski definition) is 1. The number of nitrogens with zero attached hydrogens (tertiary/aromatic N) is 1. The number of nitrogens with one attached hydrogen (secondary N) is 1. The molecule has 104 valence electrons. The van der Waals surface area contributed by atoms with E-state index in [2.05, 4.69) is 11.9 Å². The first kappa shape index (κ1) is 15.2. The summed E-state index contributed by atoms with van der Waals surface area (Å²) in [6, 6.07) is -0.195. The number of hydrogen-bond acceptors (Lipinski definition) is 4. The van der Waals surface area contributed by atoms with Crippen LogP contribution in [0.4, 0.5) is 0 Å². The van der Waals surface area contributed by atoms with Gasteiger partial charge in [0, 0.05) is 25.0 Å². The first-order valence-corrected chi connectivity index (χ1v) is 8.00. The maximum atomic E-state index is 12.3. The van der Waals surface area contributed by atoms with Crippen molar-refractivity contribution in [2.75, 3.05) is 31.6 Å². The molecule has 1 heterocycles. The third-order valence-corrected chi connectivity index (χ3v) is 4.94. The van der Waals surface area contributed by atoms with Crippen LogP contribution in [0.5, 0.6) is 0 Å². The highest BCUT2D eigenvalue weighted by Gasteiger charge is 2.35. The van der Waals surface area contributed by atoms with Gasteiger partial charge in [0.2, 0.25) is 5.91 Å². The topological polar surface area (TPSA) is 66.5 Å². The van der Waals surface area contributed by atoms with E-state index >= 15 is 0 Å². The van der Waals surface area contributed by atoms with Crippen molar-refractivity contribution in [2.45, 2.75) is 19.4 Å². The highest BCUT2D eigenvalue weighted by atomic mass is 32.2. The second kappa shape index (κ2) is 6.33. The molecule has 1 aliphatic rings. The fourth-order valence-corrected chi connectivity index (χ4v) is 3.99. The zero-order chi connectivity index (χ0) is 13.8. The Kier molecular flexibility index (Phi) is 5.34. The molecular weight excluding hydrogens is 252 g/mol. The molecule has 0 aliphatic carbocycles. The molecule has 2 atom stereocenters. The summed E-state index contributed by atoms with van der Waals surface area (Å²) in [5, 5.41) is 2.96. The molecule has 0 aromatic rings. The van der Waals surface area contributed by atoms with E-state index in [-0.39, 0.29) is 29.4 Å². The van der Waals surface area contributed by atoms with E-state index in [0.717, 1.165) is 0 Å². The van der Waals surface area contributed by atoms with Gasteiger partial charge >= 0.3 is 0 Å². The van der Waals surface area contributed by atoms with Gasteiger partial charge in [0.1, 0.15) is 0 Å². The summed E-state index contributed by atoms with van der Waals surface area (Å²) in [5.41, 5.74) is 0. The Balaban J connectivity index is 2.76. The third kappa shape index (κ3) is 3.81. The van der Waals surface area contributed by atoms with Gasteiger partial charge in [0.05, 0.1) is 11.5 Å². The second-order valence-corrected chi connectivity index (χ2v) is 7.02. The molecule has 1 N–H and O–H groups in total. The largest absolute Gasteiger partial charge is 0.335 e. The molecule has 2 unspecified atom stereocenters. The van der Waals surface area contributed by atoms with E-state index in [4.69, 9.17) is 0 Å². The molecule has 0 radical (unpaired) electrons. The lowest BCUT2D eigenvalue weighted by Gasteiger charge is -2.29. The molecule has 0 aromatic heterocycles. The van der Waals surface area contributed by atoms with Gasteiger partial charge in [-0.2, -0.15) is 0 Å². The number of carbonyl (C=O) groups is 1. The second-order valence-electron chi connectivity index (χ2n) is 4.79. The molecule has 0 aromatic carbocycles. The van der Waals surface area contributed by atoms with Crippen LogP contribution in [0.1, 0.15) is 13.3 Å². The summed E-state index contributed by atoms with van der Waals surface area (Å²) in [7, 11) is -1.18. The predicted octanol–water partition coefficient (Wildman–Crippen LogP) is 0.0436. The Morgan fingerprint density at radius 1 is 1.61 bits per heavy atom. The molecular formula is C12H22N2O3S. The van der Waals surface area contributed by atoms with Gasteiger partial charge < -0.3 is 10.2 Å². The molecule has 0 spiro atoms. The van der Waals surface area contributed by atoms with E-state index < -0.39 is 9.84 Å². The summed E-state index contributed by atoms with van der Waals surface area (Å²) < 4.78 is 23.0. The maximum Gasteiger partial charge on any atom is 0.227 e. The van der Waals surface area contributed by atoms with E-state index in [1.165, 1.54) is 0 Å². The van der Waals surface area contributed by atoms with E-state index in [1.807, 2.05) is 6.92 Å². The first-order valence-electron chi connectivity index (χ1n) is 6.17. The Hall–Kier alpha value is -0.880. The quantitative estimate of drug-likeness (QED) is 0.695. The van der Waals surface area contributed by atoms with E-state index in [0.29, 0.717) is 19.5 Å². The zero-order valence-corrected chi connectivity index (χ0v) is 11.9. The minimum absolute atomic E-state index is 0.00801. The van der Waals surface area contributed by atoms with Crippen LogP contribution in [0.15, 0.2) is 12.7 Å². The highest BCUT2D eigenvalue weighted by molar-refractivity contribution is 7.91. The molecule has 6 heteroatoms. The molecule has 0 bridgehead atoms. The van der Waals surface area contributed by atoms with Gasteiger partial charge in [0.25, 0.3) is 0 Å². The van der Waals surface area contributed by atoms with Gasteiger partial charge in [-0.1, -0.05) is 13.0 Å². The fourth-order valence-electron chi connectivity index (χ4n) is 2.26. The lowest BCUT2D eigenvalue weighted by atomic mass is 10.1. The molecule has 1 aliphatic heterocycles. The van der Waals surface area contributed by atoms with Crippen LogP contribution in [-0.2, 0) is 14.6 Å². The van der Waals surface area contributed by atoms with Crippen molar-refractivity contribution < 1.29 is 13.2 Å². The van der Waals surface area contributed by atoms with Crippen molar-refractivity contribution in [2.24, 2.45) is 5.92 Å². The SMILES string of the molecule is C=CCN(C(=O)C(C)CNC)C1CCS(=O)(=O)C1.